The van der Waals surface area contributed by atoms with Crippen molar-refractivity contribution in [3.63, 3.8) is 0 Å². The minimum atomic E-state index is -0.182. The van der Waals surface area contributed by atoms with Gasteiger partial charge in [-0.1, -0.05) is 6.07 Å². The van der Waals surface area contributed by atoms with E-state index < -0.39 is 0 Å². The first kappa shape index (κ1) is 21.9. The van der Waals surface area contributed by atoms with Gasteiger partial charge in [-0.25, -0.2) is 9.67 Å². The molecule has 1 N–H and O–H groups in total. The Morgan fingerprint density at radius 3 is 2.71 bits per heavy atom. The fraction of sp³-hybridized carbons (Fsp3) is 0.522. The van der Waals surface area contributed by atoms with Crippen molar-refractivity contribution in [2.45, 2.75) is 58.9 Å². The zero-order chi connectivity index (χ0) is 22.2. The van der Waals surface area contributed by atoms with E-state index in [2.05, 4.69) is 43.0 Å². The molecule has 0 aromatic carbocycles. The summed E-state index contributed by atoms with van der Waals surface area (Å²) in [6.07, 6.45) is 2.12. The average molecular weight is 442 g/mol. The van der Waals surface area contributed by atoms with Gasteiger partial charge in [-0.2, -0.15) is 5.10 Å². The Morgan fingerprint density at radius 1 is 1.32 bits per heavy atom. The van der Waals surface area contributed by atoms with Crippen LogP contribution in [0.1, 0.15) is 45.0 Å². The van der Waals surface area contributed by atoms with Crippen molar-refractivity contribution >= 4 is 28.3 Å². The first-order valence-electron chi connectivity index (χ1n) is 10.9. The number of aryl methyl sites for hydroxylation is 1. The summed E-state index contributed by atoms with van der Waals surface area (Å²) in [6.45, 7) is 13.5. The average Bonchev–Trinajstić information content (AvgIpc) is 3.40. The van der Waals surface area contributed by atoms with E-state index in [4.69, 9.17) is 9.72 Å². The number of carbonyl (C=O) groups excluding carboxylic acids is 1. The standard InChI is InChI=1S/C23H31N5O2S/c1-6-28-21-18(11-25-28)17(10-19(26-21)20-8-7-9-31-20)22(29)24-14-23(4,5)27-12-15(2)30-16(3)13-27/h7-11,15-16H,6,12-14H2,1-5H3,(H,24,29). The number of nitrogens with zero attached hydrogens (tertiary/aromatic N) is 4. The summed E-state index contributed by atoms with van der Waals surface area (Å²) in [7, 11) is 0. The van der Waals surface area contributed by atoms with Crippen molar-refractivity contribution in [2.24, 2.45) is 0 Å². The smallest absolute Gasteiger partial charge is 0.252 e. The summed E-state index contributed by atoms with van der Waals surface area (Å²) in [5.74, 6) is -0.0942. The molecular formula is C23H31N5O2S. The molecule has 0 spiro atoms. The van der Waals surface area contributed by atoms with Crippen molar-refractivity contribution in [1.29, 1.82) is 0 Å². The van der Waals surface area contributed by atoms with Gasteiger partial charge in [0.05, 0.1) is 39.9 Å². The number of nitrogens with one attached hydrogen (secondary N) is 1. The van der Waals surface area contributed by atoms with Crippen molar-refractivity contribution < 1.29 is 9.53 Å². The molecule has 0 bridgehead atoms. The summed E-state index contributed by atoms with van der Waals surface area (Å²) >= 11 is 1.62. The van der Waals surface area contributed by atoms with Crippen LogP contribution < -0.4 is 5.32 Å². The Morgan fingerprint density at radius 2 is 2.06 bits per heavy atom. The number of pyridine rings is 1. The van der Waals surface area contributed by atoms with Crippen LogP contribution in [0.2, 0.25) is 0 Å². The molecule has 7 nitrogen and oxygen atoms in total. The SMILES string of the molecule is CCn1ncc2c(C(=O)NCC(C)(C)N3CC(C)OC(C)C3)cc(-c3cccs3)nc21. The summed E-state index contributed by atoms with van der Waals surface area (Å²) in [5, 5.41) is 10.4. The Balaban J connectivity index is 1.59. The monoisotopic (exact) mass is 441 g/mol. The zero-order valence-corrected chi connectivity index (χ0v) is 19.7. The maximum atomic E-state index is 13.3. The fourth-order valence-electron chi connectivity index (χ4n) is 4.19. The number of ether oxygens (including phenoxy) is 1. The van der Waals surface area contributed by atoms with Crippen LogP contribution in [0.25, 0.3) is 21.6 Å². The third-order valence-electron chi connectivity index (χ3n) is 5.88. The zero-order valence-electron chi connectivity index (χ0n) is 18.9. The van der Waals surface area contributed by atoms with E-state index in [0.29, 0.717) is 18.7 Å². The third-order valence-corrected chi connectivity index (χ3v) is 6.78. The molecule has 0 saturated carbocycles. The molecule has 0 aliphatic carbocycles. The molecule has 1 aliphatic heterocycles. The number of hydrogen-bond acceptors (Lipinski definition) is 6. The highest BCUT2D eigenvalue weighted by Gasteiger charge is 2.33. The van der Waals surface area contributed by atoms with Gasteiger partial charge in [0.25, 0.3) is 5.91 Å². The predicted octanol–water partition coefficient (Wildman–Crippen LogP) is 3.80. The first-order chi connectivity index (χ1) is 14.8. The molecule has 3 aromatic heterocycles. The lowest BCUT2D eigenvalue weighted by atomic mass is 9.99. The van der Waals surface area contributed by atoms with E-state index in [1.54, 1.807) is 17.5 Å². The lowest BCUT2D eigenvalue weighted by Gasteiger charge is -2.45. The lowest BCUT2D eigenvalue weighted by molar-refractivity contribution is -0.0948. The summed E-state index contributed by atoms with van der Waals surface area (Å²) in [5.41, 5.74) is 1.98. The van der Waals surface area contributed by atoms with Gasteiger partial charge in [-0.15, -0.1) is 11.3 Å². The molecule has 0 radical (unpaired) electrons. The van der Waals surface area contributed by atoms with Crippen molar-refractivity contribution in [3.05, 3.63) is 35.3 Å². The first-order valence-corrected chi connectivity index (χ1v) is 11.8. The molecule has 31 heavy (non-hydrogen) atoms. The minimum absolute atomic E-state index is 0.0942. The van der Waals surface area contributed by atoms with E-state index in [9.17, 15) is 4.79 Å². The Labute approximate surface area is 187 Å². The second kappa shape index (κ2) is 8.68. The lowest BCUT2D eigenvalue weighted by Crippen LogP contribution is -2.58. The Kier molecular flexibility index (Phi) is 6.14. The maximum absolute atomic E-state index is 13.3. The molecule has 4 rings (SSSR count). The van der Waals surface area contributed by atoms with Crippen LogP contribution in [0.3, 0.4) is 0 Å². The van der Waals surface area contributed by atoms with Crippen LogP contribution in [-0.4, -0.2) is 63.0 Å². The largest absolute Gasteiger partial charge is 0.373 e. The quantitative estimate of drug-likeness (QED) is 0.630. The molecule has 1 fully saturated rings. The highest BCUT2D eigenvalue weighted by atomic mass is 32.1. The van der Waals surface area contributed by atoms with Gasteiger partial charge in [-0.3, -0.25) is 9.69 Å². The van der Waals surface area contributed by atoms with E-state index in [1.807, 2.05) is 35.2 Å². The van der Waals surface area contributed by atoms with Gasteiger partial charge in [-0.05, 0) is 52.1 Å². The van der Waals surface area contributed by atoms with Crippen LogP contribution in [-0.2, 0) is 11.3 Å². The number of thiophene rings is 1. The van der Waals surface area contributed by atoms with Crippen LogP contribution in [0.4, 0.5) is 0 Å². The third kappa shape index (κ3) is 4.51. The van der Waals surface area contributed by atoms with Crippen LogP contribution >= 0.6 is 11.3 Å². The van der Waals surface area contributed by atoms with Crippen LogP contribution in [0, 0.1) is 0 Å². The molecule has 1 aliphatic rings. The Hall–Kier alpha value is -2.29. The second-order valence-electron chi connectivity index (χ2n) is 8.89. The molecular weight excluding hydrogens is 410 g/mol. The summed E-state index contributed by atoms with van der Waals surface area (Å²) in [6, 6.07) is 5.91. The minimum Gasteiger partial charge on any atom is -0.373 e. The highest BCUT2D eigenvalue weighted by Crippen LogP contribution is 2.28. The number of rotatable bonds is 6. The fourth-order valence-corrected chi connectivity index (χ4v) is 4.88. The van der Waals surface area contributed by atoms with Crippen LogP contribution in [0.15, 0.2) is 29.8 Å². The van der Waals surface area contributed by atoms with Gasteiger partial charge >= 0.3 is 0 Å². The predicted molar refractivity (Wildman–Crippen MR) is 125 cm³/mol. The summed E-state index contributed by atoms with van der Waals surface area (Å²) < 4.78 is 7.71. The highest BCUT2D eigenvalue weighted by molar-refractivity contribution is 7.13. The number of aromatic nitrogens is 3. The van der Waals surface area contributed by atoms with Crippen molar-refractivity contribution in [2.75, 3.05) is 19.6 Å². The number of morpholine rings is 1. The second-order valence-corrected chi connectivity index (χ2v) is 9.84. The van der Waals surface area contributed by atoms with Gasteiger partial charge in [0.2, 0.25) is 0 Å². The number of carbonyl (C=O) groups is 1. The number of fused-ring (bicyclic) bond motifs is 1. The molecule has 4 heterocycles. The van der Waals surface area contributed by atoms with E-state index in [1.165, 1.54) is 0 Å². The molecule has 1 saturated heterocycles. The molecule has 1 amide bonds. The van der Waals surface area contributed by atoms with Crippen molar-refractivity contribution in [1.82, 2.24) is 25.0 Å². The van der Waals surface area contributed by atoms with E-state index in [0.717, 1.165) is 34.7 Å². The number of amides is 1. The topological polar surface area (TPSA) is 72.3 Å². The Bertz CT molecular complexity index is 1050. The van der Waals surface area contributed by atoms with Gasteiger partial charge in [0.1, 0.15) is 0 Å². The van der Waals surface area contributed by atoms with Gasteiger partial charge in [0.15, 0.2) is 5.65 Å². The van der Waals surface area contributed by atoms with E-state index >= 15 is 0 Å². The molecule has 166 valence electrons. The summed E-state index contributed by atoms with van der Waals surface area (Å²) in [4.78, 5) is 21.6. The van der Waals surface area contributed by atoms with E-state index in [-0.39, 0.29) is 23.7 Å². The maximum Gasteiger partial charge on any atom is 0.252 e. The molecule has 3 aromatic rings. The number of hydrogen-bond donors (Lipinski definition) is 1. The van der Waals surface area contributed by atoms with Gasteiger partial charge in [0, 0.05) is 31.7 Å². The van der Waals surface area contributed by atoms with Crippen LogP contribution in [0.5, 0.6) is 0 Å². The molecule has 2 unspecified atom stereocenters. The molecule has 8 heteroatoms. The van der Waals surface area contributed by atoms with Crippen molar-refractivity contribution in [3.8, 4) is 10.6 Å². The normalized spacial score (nSPS) is 20.3. The molecule has 2 atom stereocenters. The van der Waals surface area contributed by atoms with Gasteiger partial charge < -0.3 is 10.1 Å².